The number of hydrogen-bond donors (Lipinski definition) is 0. The van der Waals surface area contributed by atoms with Crippen molar-refractivity contribution in [1.29, 1.82) is 0 Å². The molecule has 2 aromatic carbocycles. The summed E-state index contributed by atoms with van der Waals surface area (Å²) in [4.78, 5) is 13.9. The molecule has 4 nitrogen and oxygen atoms in total. The zero-order valence-electron chi connectivity index (χ0n) is 13.2. The minimum atomic E-state index is -0.682. The van der Waals surface area contributed by atoms with E-state index in [1.54, 1.807) is 25.1 Å². The van der Waals surface area contributed by atoms with Gasteiger partial charge >= 0.3 is 0 Å². The van der Waals surface area contributed by atoms with Crippen molar-refractivity contribution in [2.24, 2.45) is 0 Å². The molecule has 0 radical (unpaired) electrons. The highest BCUT2D eigenvalue weighted by Gasteiger charge is 2.21. The van der Waals surface area contributed by atoms with Crippen molar-refractivity contribution in [3.63, 3.8) is 0 Å². The van der Waals surface area contributed by atoms with Gasteiger partial charge in [0.15, 0.2) is 0 Å². The largest absolute Gasteiger partial charge is 0.497 e. The Morgan fingerprint density at radius 2 is 1.83 bits per heavy atom. The maximum Gasteiger partial charge on any atom is 0.245 e. The Bertz CT molecular complexity index is 633. The predicted molar refractivity (Wildman–Crippen MR) is 91.2 cm³/mol. The molecule has 0 spiro atoms. The molecule has 122 valence electrons. The van der Waals surface area contributed by atoms with Gasteiger partial charge in [-0.2, -0.15) is 0 Å². The number of alkyl halides is 1. The van der Waals surface area contributed by atoms with Crippen molar-refractivity contribution in [2.45, 2.75) is 5.38 Å². The summed E-state index contributed by atoms with van der Waals surface area (Å²) in [6.45, 7) is 0.833. The number of likely N-dealkylation sites (N-methyl/N-ethyl adjacent to an activating group) is 1. The first-order chi connectivity index (χ1) is 11.1. The molecule has 0 saturated heterocycles. The lowest BCUT2D eigenvalue weighted by atomic mass is 10.1. The lowest BCUT2D eigenvalue weighted by Gasteiger charge is -2.20. The molecule has 1 unspecified atom stereocenters. The predicted octanol–water partition coefficient (Wildman–Crippen LogP) is 3.51. The van der Waals surface area contributed by atoms with Crippen LogP contribution >= 0.6 is 11.6 Å². The van der Waals surface area contributed by atoms with Crippen molar-refractivity contribution in [2.75, 3.05) is 27.3 Å². The fraction of sp³-hybridized carbons (Fsp3) is 0.278. The summed E-state index contributed by atoms with van der Waals surface area (Å²) in [5.74, 6) is 1.29. The van der Waals surface area contributed by atoms with Crippen molar-refractivity contribution in [3.05, 3.63) is 60.2 Å². The normalized spacial score (nSPS) is 11.6. The molecule has 23 heavy (non-hydrogen) atoms. The maximum absolute atomic E-state index is 12.3. The highest BCUT2D eigenvalue weighted by atomic mass is 35.5. The average molecular weight is 334 g/mol. The van der Waals surface area contributed by atoms with Gasteiger partial charge in [-0.3, -0.25) is 4.79 Å². The minimum Gasteiger partial charge on any atom is -0.497 e. The van der Waals surface area contributed by atoms with E-state index in [0.29, 0.717) is 18.9 Å². The van der Waals surface area contributed by atoms with Gasteiger partial charge in [0.1, 0.15) is 23.5 Å². The van der Waals surface area contributed by atoms with Gasteiger partial charge in [-0.05, 0) is 17.7 Å². The van der Waals surface area contributed by atoms with Crippen LogP contribution in [0.25, 0.3) is 0 Å². The third-order valence-electron chi connectivity index (χ3n) is 3.42. The highest BCUT2D eigenvalue weighted by molar-refractivity contribution is 6.30. The Morgan fingerprint density at radius 3 is 2.52 bits per heavy atom. The van der Waals surface area contributed by atoms with Crippen molar-refractivity contribution in [3.8, 4) is 11.5 Å². The van der Waals surface area contributed by atoms with Crippen LogP contribution in [0.3, 0.4) is 0 Å². The number of nitrogens with zero attached hydrogens (tertiary/aromatic N) is 1. The first kappa shape index (κ1) is 17.2. The second-order valence-corrected chi connectivity index (χ2v) is 5.50. The van der Waals surface area contributed by atoms with Gasteiger partial charge in [-0.15, -0.1) is 11.6 Å². The lowest BCUT2D eigenvalue weighted by molar-refractivity contribution is -0.129. The molecule has 0 N–H and O–H groups in total. The standard InChI is InChI=1S/C18H20ClNO3/c1-20(18(21)17(19)14-7-4-3-5-8-14)11-12-23-16-10-6-9-15(13-16)22-2/h3-10,13,17H,11-12H2,1-2H3. The average Bonchev–Trinajstić information content (AvgIpc) is 2.61. The third kappa shape index (κ3) is 4.89. The summed E-state index contributed by atoms with van der Waals surface area (Å²) in [5.41, 5.74) is 0.791. The molecule has 0 bridgehead atoms. The van der Waals surface area contributed by atoms with Gasteiger partial charge in [0.2, 0.25) is 5.91 Å². The number of carbonyl (C=O) groups is 1. The highest BCUT2D eigenvalue weighted by Crippen LogP contribution is 2.22. The zero-order chi connectivity index (χ0) is 16.7. The van der Waals surface area contributed by atoms with E-state index in [-0.39, 0.29) is 5.91 Å². The fourth-order valence-corrected chi connectivity index (χ4v) is 2.37. The number of carbonyl (C=O) groups excluding carboxylic acids is 1. The number of amides is 1. The zero-order valence-corrected chi connectivity index (χ0v) is 14.0. The molecule has 0 saturated carbocycles. The molecule has 0 fully saturated rings. The first-order valence-electron chi connectivity index (χ1n) is 7.32. The van der Waals surface area contributed by atoms with E-state index in [0.717, 1.165) is 11.3 Å². The van der Waals surface area contributed by atoms with Crippen LogP contribution in [0.1, 0.15) is 10.9 Å². The number of methoxy groups -OCH3 is 1. The molecule has 2 aromatic rings. The Kier molecular flexibility index (Phi) is 6.29. The van der Waals surface area contributed by atoms with E-state index in [1.165, 1.54) is 0 Å². The van der Waals surface area contributed by atoms with Gasteiger partial charge in [0.05, 0.1) is 13.7 Å². The number of benzene rings is 2. The van der Waals surface area contributed by atoms with Crippen LogP contribution in [0.4, 0.5) is 0 Å². The first-order valence-corrected chi connectivity index (χ1v) is 7.76. The third-order valence-corrected chi connectivity index (χ3v) is 3.86. The summed E-state index contributed by atoms with van der Waals surface area (Å²) >= 11 is 6.24. The van der Waals surface area contributed by atoms with Crippen molar-refractivity contribution in [1.82, 2.24) is 4.90 Å². The molecule has 0 aliphatic carbocycles. The Labute approximate surface area is 141 Å². The van der Waals surface area contributed by atoms with E-state index >= 15 is 0 Å². The SMILES string of the molecule is COc1cccc(OCCN(C)C(=O)C(Cl)c2ccccc2)c1. The van der Waals surface area contributed by atoms with Crippen LogP contribution in [0.15, 0.2) is 54.6 Å². The molecule has 1 atom stereocenters. The summed E-state index contributed by atoms with van der Waals surface area (Å²) in [5, 5.41) is -0.682. The van der Waals surface area contributed by atoms with Crippen LogP contribution in [0.5, 0.6) is 11.5 Å². The summed E-state index contributed by atoms with van der Waals surface area (Å²) in [6, 6.07) is 16.7. The van der Waals surface area contributed by atoms with E-state index in [2.05, 4.69) is 0 Å². The van der Waals surface area contributed by atoms with Crippen LogP contribution in [-0.4, -0.2) is 38.1 Å². The maximum atomic E-state index is 12.3. The summed E-state index contributed by atoms with van der Waals surface area (Å²) in [6.07, 6.45) is 0. The summed E-state index contributed by atoms with van der Waals surface area (Å²) in [7, 11) is 3.32. The number of halogens is 1. The second-order valence-electron chi connectivity index (χ2n) is 5.06. The molecule has 5 heteroatoms. The topological polar surface area (TPSA) is 38.8 Å². The second kappa shape index (κ2) is 8.44. The molecular formula is C18H20ClNO3. The fourth-order valence-electron chi connectivity index (χ4n) is 2.06. The van der Waals surface area contributed by atoms with Crippen LogP contribution in [0, 0.1) is 0 Å². The molecule has 0 aliphatic heterocycles. The van der Waals surface area contributed by atoms with Gasteiger partial charge in [-0.1, -0.05) is 36.4 Å². The van der Waals surface area contributed by atoms with E-state index in [4.69, 9.17) is 21.1 Å². The van der Waals surface area contributed by atoms with Gasteiger partial charge in [0, 0.05) is 13.1 Å². The van der Waals surface area contributed by atoms with E-state index < -0.39 is 5.38 Å². The smallest absolute Gasteiger partial charge is 0.245 e. The molecule has 0 aromatic heterocycles. The van der Waals surface area contributed by atoms with Crippen LogP contribution in [-0.2, 0) is 4.79 Å². The Morgan fingerprint density at radius 1 is 1.13 bits per heavy atom. The van der Waals surface area contributed by atoms with Gasteiger partial charge in [-0.25, -0.2) is 0 Å². The molecule has 1 amide bonds. The molecule has 2 rings (SSSR count). The summed E-state index contributed by atoms with van der Waals surface area (Å²) < 4.78 is 10.8. The molecule has 0 heterocycles. The van der Waals surface area contributed by atoms with Gasteiger partial charge < -0.3 is 14.4 Å². The molecule has 0 aliphatic rings. The number of rotatable bonds is 7. The quantitative estimate of drug-likeness (QED) is 0.728. The van der Waals surface area contributed by atoms with E-state index in [1.807, 2.05) is 48.5 Å². The minimum absolute atomic E-state index is 0.146. The molecular weight excluding hydrogens is 314 g/mol. The van der Waals surface area contributed by atoms with Crippen molar-refractivity contribution >= 4 is 17.5 Å². The van der Waals surface area contributed by atoms with Crippen LogP contribution < -0.4 is 9.47 Å². The van der Waals surface area contributed by atoms with Crippen LogP contribution in [0.2, 0.25) is 0 Å². The van der Waals surface area contributed by atoms with E-state index in [9.17, 15) is 4.79 Å². The Hall–Kier alpha value is -2.20. The number of hydrogen-bond acceptors (Lipinski definition) is 3. The Balaban J connectivity index is 1.84. The monoisotopic (exact) mass is 333 g/mol. The lowest BCUT2D eigenvalue weighted by Crippen LogP contribution is -2.33. The number of ether oxygens (including phenoxy) is 2. The van der Waals surface area contributed by atoms with Crippen molar-refractivity contribution < 1.29 is 14.3 Å². The van der Waals surface area contributed by atoms with Gasteiger partial charge in [0.25, 0.3) is 0 Å².